The smallest absolute Gasteiger partial charge is 0.121 e. The van der Waals surface area contributed by atoms with E-state index in [-0.39, 0.29) is 12.7 Å². The maximum absolute atomic E-state index is 10.0. The summed E-state index contributed by atoms with van der Waals surface area (Å²) in [6.45, 7) is 14.6. The van der Waals surface area contributed by atoms with Crippen molar-refractivity contribution in [2.24, 2.45) is 11.8 Å². The summed E-state index contributed by atoms with van der Waals surface area (Å²) in [4.78, 5) is 0. The number of benzene rings is 2. The van der Waals surface area contributed by atoms with Gasteiger partial charge in [0.1, 0.15) is 11.5 Å². The van der Waals surface area contributed by atoms with Crippen LogP contribution in [-0.4, -0.2) is 55.1 Å². The molecule has 0 aliphatic carbocycles. The van der Waals surface area contributed by atoms with Gasteiger partial charge in [-0.15, -0.1) is 0 Å². The van der Waals surface area contributed by atoms with Gasteiger partial charge in [-0.2, -0.15) is 23.5 Å². The largest absolute Gasteiger partial charge is 0.507 e. The Bertz CT molecular complexity index is 868. The van der Waals surface area contributed by atoms with Crippen LogP contribution in [0.5, 0.6) is 11.5 Å². The third-order valence-corrected chi connectivity index (χ3v) is 9.32. The van der Waals surface area contributed by atoms with E-state index in [4.69, 9.17) is 5.11 Å². The molecule has 0 heterocycles. The molecule has 0 amide bonds. The molecule has 0 saturated heterocycles. The molecule has 2 aromatic carbocycles. The highest BCUT2D eigenvalue weighted by Crippen LogP contribution is 2.30. The Hall–Kier alpha value is -1.34. The fourth-order valence-corrected chi connectivity index (χ4v) is 5.94. The second-order valence-electron chi connectivity index (χ2n) is 9.92. The first-order chi connectivity index (χ1) is 16.5. The number of thioether (sulfide) groups is 2. The average Bonchev–Trinajstić information content (AvgIpc) is 2.79. The molecule has 2 rings (SSSR count). The predicted octanol–water partition coefficient (Wildman–Crippen LogP) is 6.37. The molecule has 3 atom stereocenters. The first kappa shape index (κ1) is 31.7. The van der Waals surface area contributed by atoms with E-state index in [9.17, 15) is 15.3 Å². The Balaban J connectivity index is 0.000000351. The van der Waals surface area contributed by atoms with E-state index in [1.807, 2.05) is 57.2 Å². The minimum Gasteiger partial charge on any atom is -0.507 e. The van der Waals surface area contributed by atoms with E-state index in [1.54, 1.807) is 23.5 Å². The van der Waals surface area contributed by atoms with Crippen LogP contribution in [0.2, 0.25) is 0 Å². The monoisotopic (exact) mass is 522 g/mol. The summed E-state index contributed by atoms with van der Waals surface area (Å²) in [6.07, 6.45) is 1.43. The number of hydrogen-bond donors (Lipinski definition) is 4. The molecule has 0 aliphatic heterocycles. The Morgan fingerprint density at radius 1 is 0.714 bits per heavy atom. The number of aliphatic hydroxyl groups excluding tert-OH is 2. The van der Waals surface area contributed by atoms with Gasteiger partial charge in [-0.1, -0.05) is 64.1 Å². The number of aromatic hydroxyl groups is 2. The Kier molecular flexibility index (Phi) is 14.9. The van der Waals surface area contributed by atoms with Crippen LogP contribution in [0, 0.1) is 25.7 Å². The van der Waals surface area contributed by atoms with E-state index in [0.717, 1.165) is 46.6 Å². The van der Waals surface area contributed by atoms with Gasteiger partial charge in [-0.25, -0.2) is 0 Å². The topological polar surface area (TPSA) is 80.9 Å². The van der Waals surface area contributed by atoms with E-state index in [1.165, 1.54) is 0 Å². The zero-order chi connectivity index (χ0) is 26.5. The molecule has 35 heavy (non-hydrogen) atoms. The highest BCUT2D eigenvalue weighted by Gasteiger charge is 2.18. The lowest BCUT2D eigenvalue weighted by Crippen LogP contribution is -2.18. The van der Waals surface area contributed by atoms with Crippen molar-refractivity contribution in [1.82, 2.24) is 0 Å². The fourth-order valence-electron chi connectivity index (χ4n) is 3.64. The SMILES string of the molecule is Cc1cccc(CC(SCC(C)O)C(C)C)c1O.Cc1cccc(CC(SCCO)C(C)C)c1O. The molecule has 0 saturated carbocycles. The molecule has 0 fully saturated rings. The van der Waals surface area contributed by atoms with Gasteiger partial charge in [0.2, 0.25) is 0 Å². The highest BCUT2D eigenvalue weighted by atomic mass is 32.2. The van der Waals surface area contributed by atoms with Crippen molar-refractivity contribution in [2.45, 2.75) is 77.9 Å². The van der Waals surface area contributed by atoms with Crippen molar-refractivity contribution in [3.63, 3.8) is 0 Å². The molecule has 0 bridgehead atoms. The number of phenolic OH excluding ortho intramolecular Hbond substituents is 2. The molecule has 198 valence electrons. The molecular formula is C29H46O4S2. The first-order valence-electron chi connectivity index (χ1n) is 12.5. The minimum absolute atomic E-state index is 0.216. The summed E-state index contributed by atoms with van der Waals surface area (Å²) in [6, 6.07) is 11.8. The molecule has 0 spiro atoms. The van der Waals surface area contributed by atoms with E-state index >= 15 is 0 Å². The minimum atomic E-state index is -0.276. The lowest BCUT2D eigenvalue weighted by molar-refractivity contribution is 0.220. The number of aliphatic hydroxyl groups is 2. The molecule has 0 radical (unpaired) electrons. The summed E-state index contributed by atoms with van der Waals surface area (Å²) >= 11 is 3.56. The highest BCUT2D eigenvalue weighted by molar-refractivity contribution is 8.00. The van der Waals surface area contributed by atoms with Crippen LogP contribution < -0.4 is 0 Å². The quantitative estimate of drug-likeness (QED) is 0.259. The fraction of sp³-hybridized carbons (Fsp3) is 0.586. The van der Waals surface area contributed by atoms with Crippen LogP contribution >= 0.6 is 23.5 Å². The van der Waals surface area contributed by atoms with Gasteiger partial charge in [-0.05, 0) is 67.7 Å². The zero-order valence-corrected chi connectivity index (χ0v) is 24.1. The van der Waals surface area contributed by atoms with Crippen LogP contribution in [0.15, 0.2) is 36.4 Å². The molecule has 0 aromatic heterocycles. The van der Waals surface area contributed by atoms with Gasteiger partial charge in [0.05, 0.1) is 12.7 Å². The van der Waals surface area contributed by atoms with Crippen molar-refractivity contribution >= 4 is 23.5 Å². The lowest BCUT2D eigenvalue weighted by Gasteiger charge is -2.22. The van der Waals surface area contributed by atoms with E-state index < -0.39 is 0 Å². The van der Waals surface area contributed by atoms with Crippen molar-refractivity contribution in [2.75, 3.05) is 18.1 Å². The van der Waals surface area contributed by atoms with Gasteiger partial charge in [0.25, 0.3) is 0 Å². The van der Waals surface area contributed by atoms with Crippen molar-refractivity contribution < 1.29 is 20.4 Å². The third kappa shape index (κ3) is 11.5. The summed E-state index contributed by atoms with van der Waals surface area (Å²) in [7, 11) is 0. The number of para-hydroxylation sites is 2. The van der Waals surface area contributed by atoms with Gasteiger partial charge in [-0.3, -0.25) is 0 Å². The van der Waals surface area contributed by atoms with E-state index in [0.29, 0.717) is 33.8 Å². The van der Waals surface area contributed by atoms with Crippen LogP contribution in [0.25, 0.3) is 0 Å². The summed E-state index contributed by atoms with van der Waals surface area (Å²) in [5.41, 5.74) is 3.87. The second kappa shape index (κ2) is 16.4. The number of hydrogen-bond acceptors (Lipinski definition) is 6. The maximum atomic E-state index is 10.0. The predicted molar refractivity (Wildman–Crippen MR) is 154 cm³/mol. The lowest BCUT2D eigenvalue weighted by atomic mass is 9.99. The van der Waals surface area contributed by atoms with E-state index in [2.05, 4.69) is 27.7 Å². The van der Waals surface area contributed by atoms with Crippen LogP contribution in [0.3, 0.4) is 0 Å². The molecule has 6 heteroatoms. The van der Waals surface area contributed by atoms with Gasteiger partial charge in [0.15, 0.2) is 0 Å². The second-order valence-corrected chi connectivity index (χ2v) is 12.5. The summed E-state index contributed by atoms with van der Waals surface area (Å²) in [5.74, 6) is 3.40. The number of rotatable bonds is 12. The van der Waals surface area contributed by atoms with Crippen LogP contribution in [-0.2, 0) is 12.8 Å². The molecule has 4 N–H and O–H groups in total. The average molecular weight is 523 g/mol. The summed E-state index contributed by atoms with van der Waals surface area (Å²) in [5, 5.41) is 39.2. The molecule has 0 aliphatic rings. The third-order valence-electron chi connectivity index (χ3n) is 5.95. The van der Waals surface area contributed by atoms with Gasteiger partial charge < -0.3 is 20.4 Å². The van der Waals surface area contributed by atoms with Crippen LogP contribution in [0.1, 0.15) is 56.9 Å². The summed E-state index contributed by atoms with van der Waals surface area (Å²) < 4.78 is 0. The normalized spacial score (nSPS) is 13.9. The zero-order valence-electron chi connectivity index (χ0n) is 22.5. The Morgan fingerprint density at radius 3 is 1.51 bits per heavy atom. The van der Waals surface area contributed by atoms with Crippen LogP contribution in [0.4, 0.5) is 0 Å². The van der Waals surface area contributed by atoms with Crippen molar-refractivity contribution in [3.8, 4) is 11.5 Å². The standard InChI is InChI=1S/C15H24O2S.C14H22O2S/c1-10(2)14(18-9-12(4)16)8-13-7-5-6-11(3)15(13)17;1-10(2)13(17-8-7-15)9-12-6-4-5-11(3)14(12)16/h5-7,10,12,14,16-17H,8-9H2,1-4H3;4-6,10,13,15-16H,7-9H2,1-3H3. The molecule has 4 nitrogen and oxygen atoms in total. The number of phenols is 2. The van der Waals surface area contributed by atoms with Crippen molar-refractivity contribution in [1.29, 1.82) is 0 Å². The van der Waals surface area contributed by atoms with Crippen molar-refractivity contribution in [3.05, 3.63) is 58.7 Å². The Morgan fingerprint density at radius 2 is 1.14 bits per heavy atom. The van der Waals surface area contributed by atoms with Gasteiger partial charge in [0, 0.05) is 22.0 Å². The molecule has 3 unspecified atom stereocenters. The number of aryl methyl sites for hydroxylation is 2. The molecule has 2 aromatic rings. The first-order valence-corrected chi connectivity index (χ1v) is 14.6. The maximum Gasteiger partial charge on any atom is 0.121 e. The molecular weight excluding hydrogens is 476 g/mol. The van der Waals surface area contributed by atoms with Gasteiger partial charge >= 0.3 is 0 Å². The Labute approximate surface area is 221 Å².